The van der Waals surface area contributed by atoms with E-state index in [9.17, 15) is 8.42 Å². The molecule has 0 saturated heterocycles. The molecule has 0 heterocycles. The maximum absolute atomic E-state index is 11.2. The van der Waals surface area contributed by atoms with Crippen LogP contribution in [-0.2, 0) is 9.84 Å². The lowest BCUT2D eigenvalue weighted by molar-refractivity contribution is 0.416. The first kappa shape index (κ1) is 13.0. The maximum Gasteiger partial charge on any atom is 0.148 e. The van der Waals surface area contributed by atoms with Gasteiger partial charge in [0.1, 0.15) is 9.84 Å². The quantitative estimate of drug-likeness (QED) is 0.726. The Kier molecular flexibility index (Phi) is 4.18. The average Bonchev–Trinajstić information content (AvgIpc) is 2.84. The number of rotatable bonds is 7. The predicted octanol–water partition coefficient (Wildman–Crippen LogP) is 1.59. The van der Waals surface area contributed by atoms with Crippen LogP contribution in [0.2, 0.25) is 0 Å². The molecule has 1 fully saturated rings. The van der Waals surface area contributed by atoms with Crippen LogP contribution in [0.15, 0.2) is 0 Å². The van der Waals surface area contributed by atoms with Crippen molar-refractivity contribution in [3.8, 4) is 0 Å². The summed E-state index contributed by atoms with van der Waals surface area (Å²) in [6.45, 7) is 5.20. The third-order valence-electron chi connectivity index (χ3n) is 3.28. The lowest BCUT2D eigenvalue weighted by atomic mass is 10.1. The second-order valence-corrected chi connectivity index (χ2v) is 7.10. The van der Waals surface area contributed by atoms with Gasteiger partial charge in [0.2, 0.25) is 0 Å². The molecule has 0 aromatic rings. The van der Waals surface area contributed by atoms with Crippen molar-refractivity contribution in [3.63, 3.8) is 0 Å². The van der Waals surface area contributed by atoms with Crippen molar-refractivity contribution in [2.45, 2.75) is 45.6 Å². The highest BCUT2D eigenvalue weighted by Crippen LogP contribution is 2.46. The summed E-state index contributed by atoms with van der Waals surface area (Å²) in [6, 6.07) is 0.544. The van der Waals surface area contributed by atoms with Crippen molar-refractivity contribution in [1.29, 1.82) is 0 Å². The normalized spacial score (nSPS) is 19.5. The van der Waals surface area contributed by atoms with E-state index in [-0.39, 0.29) is 5.41 Å². The van der Waals surface area contributed by atoms with Crippen LogP contribution in [-0.4, -0.2) is 33.0 Å². The van der Waals surface area contributed by atoms with E-state index in [0.29, 0.717) is 11.8 Å². The molecule has 0 unspecified atom stereocenters. The van der Waals surface area contributed by atoms with Crippen LogP contribution in [0.1, 0.15) is 39.5 Å². The van der Waals surface area contributed by atoms with Gasteiger partial charge in [-0.3, -0.25) is 0 Å². The Morgan fingerprint density at radius 1 is 1.27 bits per heavy atom. The minimum absolute atomic E-state index is 0.0656. The number of sulfone groups is 1. The summed E-state index contributed by atoms with van der Waals surface area (Å²) < 4.78 is 22.5. The van der Waals surface area contributed by atoms with E-state index in [2.05, 4.69) is 19.2 Å². The van der Waals surface area contributed by atoms with Gasteiger partial charge in [-0.15, -0.1) is 0 Å². The molecule has 0 aliphatic heterocycles. The molecule has 1 saturated carbocycles. The molecule has 0 atom stereocenters. The van der Waals surface area contributed by atoms with Crippen LogP contribution in [0.4, 0.5) is 0 Å². The fraction of sp³-hybridized carbons (Fsp3) is 1.00. The third kappa shape index (κ3) is 4.51. The van der Waals surface area contributed by atoms with E-state index in [1.165, 1.54) is 6.26 Å². The van der Waals surface area contributed by atoms with E-state index >= 15 is 0 Å². The van der Waals surface area contributed by atoms with Gasteiger partial charge in [0.25, 0.3) is 0 Å². The Balaban J connectivity index is 2.38. The molecule has 4 heteroatoms. The van der Waals surface area contributed by atoms with Gasteiger partial charge in [-0.1, -0.05) is 13.8 Å². The Morgan fingerprint density at radius 3 is 2.13 bits per heavy atom. The van der Waals surface area contributed by atoms with Crippen molar-refractivity contribution in [2.24, 2.45) is 5.41 Å². The van der Waals surface area contributed by atoms with Crippen molar-refractivity contribution >= 4 is 9.84 Å². The van der Waals surface area contributed by atoms with E-state index < -0.39 is 9.84 Å². The Labute approximate surface area is 93.6 Å². The molecule has 0 bridgehead atoms. The highest BCUT2D eigenvalue weighted by molar-refractivity contribution is 7.90. The Morgan fingerprint density at radius 2 is 1.80 bits per heavy atom. The predicted molar refractivity (Wildman–Crippen MR) is 63.8 cm³/mol. The average molecular weight is 233 g/mol. The zero-order valence-corrected chi connectivity index (χ0v) is 10.9. The Bertz CT molecular complexity index is 290. The second kappa shape index (κ2) is 4.83. The summed E-state index contributed by atoms with van der Waals surface area (Å²) >= 11 is 0. The van der Waals surface area contributed by atoms with Gasteiger partial charge in [0, 0.05) is 18.8 Å². The van der Waals surface area contributed by atoms with E-state index in [1.807, 2.05) is 0 Å². The van der Waals surface area contributed by atoms with E-state index in [0.717, 1.165) is 32.2 Å². The van der Waals surface area contributed by atoms with E-state index in [1.54, 1.807) is 0 Å². The van der Waals surface area contributed by atoms with Crippen LogP contribution in [0.25, 0.3) is 0 Å². The summed E-state index contributed by atoms with van der Waals surface area (Å²) in [7, 11) is -2.82. The second-order valence-electron chi connectivity index (χ2n) is 4.96. The largest absolute Gasteiger partial charge is 0.313 e. The highest BCUT2D eigenvalue weighted by Gasteiger charge is 2.44. The highest BCUT2D eigenvalue weighted by atomic mass is 32.2. The zero-order valence-electron chi connectivity index (χ0n) is 10.0. The number of nitrogens with one attached hydrogen (secondary N) is 1. The molecule has 90 valence electrons. The molecule has 1 aliphatic carbocycles. The number of hydrogen-bond donors (Lipinski definition) is 1. The summed E-state index contributed by atoms with van der Waals surface area (Å²) in [4.78, 5) is 0. The van der Waals surface area contributed by atoms with Crippen molar-refractivity contribution in [2.75, 3.05) is 18.6 Å². The molecule has 0 aromatic carbocycles. The number of hydrogen-bond acceptors (Lipinski definition) is 3. The maximum atomic E-state index is 11.2. The van der Waals surface area contributed by atoms with Crippen LogP contribution in [0, 0.1) is 5.41 Å². The van der Waals surface area contributed by atoms with Gasteiger partial charge < -0.3 is 5.32 Å². The van der Waals surface area contributed by atoms with Crippen molar-refractivity contribution in [1.82, 2.24) is 5.32 Å². The summed E-state index contributed by atoms with van der Waals surface area (Å²) in [5.41, 5.74) is 0.0656. The minimum Gasteiger partial charge on any atom is -0.313 e. The van der Waals surface area contributed by atoms with Gasteiger partial charge in [-0.05, 0) is 31.1 Å². The molecule has 1 aliphatic rings. The zero-order chi connectivity index (χ0) is 11.5. The lowest BCUT2D eigenvalue weighted by Crippen LogP contribution is -2.35. The first-order valence-corrected chi connectivity index (χ1v) is 7.88. The van der Waals surface area contributed by atoms with Crippen LogP contribution < -0.4 is 5.32 Å². The molecule has 3 nitrogen and oxygen atoms in total. The molecular weight excluding hydrogens is 210 g/mol. The van der Waals surface area contributed by atoms with Crippen LogP contribution in [0.5, 0.6) is 0 Å². The Hall–Kier alpha value is -0.0900. The molecule has 1 N–H and O–H groups in total. The topological polar surface area (TPSA) is 46.2 Å². The minimum atomic E-state index is -2.82. The summed E-state index contributed by atoms with van der Waals surface area (Å²) in [5.74, 6) is 0.354. The standard InChI is InChI=1S/C11H23NO2S/c1-4-10(5-2)12-8-11(6-7-11)9-15(3,13)14/h10,12H,4-9H2,1-3H3. The molecule has 0 radical (unpaired) electrons. The van der Waals surface area contributed by atoms with Crippen LogP contribution in [0.3, 0.4) is 0 Å². The van der Waals surface area contributed by atoms with Crippen molar-refractivity contribution in [3.05, 3.63) is 0 Å². The third-order valence-corrected chi connectivity index (χ3v) is 4.41. The molecular formula is C11H23NO2S. The summed E-state index contributed by atoms with van der Waals surface area (Å²) in [6.07, 6.45) is 5.70. The molecule has 0 spiro atoms. The van der Waals surface area contributed by atoms with Crippen LogP contribution >= 0.6 is 0 Å². The molecule has 1 rings (SSSR count). The summed E-state index contributed by atoms with van der Waals surface area (Å²) in [5, 5.41) is 3.48. The molecule has 0 amide bonds. The SMILES string of the molecule is CCC(CC)NCC1(CS(C)(=O)=O)CC1. The monoisotopic (exact) mass is 233 g/mol. The molecule has 0 aromatic heterocycles. The van der Waals surface area contributed by atoms with Crippen molar-refractivity contribution < 1.29 is 8.42 Å². The van der Waals surface area contributed by atoms with Gasteiger partial charge in [0.15, 0.2) is 0 Å². The van der Waals surface area contributed by atoms with Gasteiger partial charge >= 0.3 is 0 Å². The fourth-order valence-electron chi connectivity index (χ4n) is 2.04. The van der Waals surface area contributed by atoms with E-state index in [4.69, 9.17) is 0 Å². The first-order valence-electron chi connectivity index (χ1n) is 5.82. The van der Waals surface area contributed by atoms with Gasteiger partial charge in [-0.2, -0.15) is 0 Å². The smallest absolute Gasteiger partial charge is 0.148 e. The van der Waals surface area contributed by atoms with Gasteiger partial charge in [0.05, 0.1) is 5.75 Å². The van der Waals surface area contributed by atoms with Gasteiger partial charge in [-0.25, -0.2) is 8.42 Å². The lowest BCUT2D eigenvalue weighted by Gasteiger charge is -2.20. The fourth-order valence-corrected chi connectivity index (χ4v) is 3.55. The molecule has 15 heavy (non-hydrogen) atoms. The first-order chi connectivity index (χ1) is 6.91.